The van der Waals surface area contributed by atoms with E-state index in [9.17, 15) is 14.9 Å². The SMILES string of the molecule is COc1ccc(-c2nc3ccc(C(=O)OC(C)C(=O)Nc4sc5c(c4C#N)CCC(C)C5)cc3[nH]2)cc1. The molecule has 0 saturated carbocycles. The number of benzene rings is 2. The maximum Gasteiger partial charge on any atom is 0.338 e. The van der Waals surface area contributed by atoms with Crippen molar-refractivity contribution in [1.29, 1.82) is 5.26 Å². The minimum Gasteiger partial charge on any atom is -0.497 e. The van der Waals surface area contributed by atoms with Crippen molar-refractivity contribution in [2.75, 3.05) is 12.4 Å². The van der Waals surface area contributed by atoms with Crippen molar-refractivity contribution >= 4 is 39.2 Å². The predicted molar refractivity (Wildman–Crippen MR) is 142 cm³/mol. The number of aromatic nitrogens is 2. The number of nitrogens with zero attached hydrogens (tertiary/aromatic N) is 2. The summed E-state index contributed by atoms with van der Waals surface area (Å²) in [5.41, 5.74) is 4.12. The summed E-state index contributed by atoms with van der Waals surface area (Å²) < 4.78 is 10.6. The summed E-state index contributed by atoms with van der Waals surface area (Å²) in [7, 11) is 1.61. The Labute approximate surface area is 218 Å². The zero-order valence-corrected chi connectivity index (χ0v) is 21.6. The first-order chi connectivity index (χ1) is 17.9. The first kappa shape index (κ1) is 24.5. The Kier molecular flexibility index (Phi) is 6.68. The number of imidazole rings is 1. The number of carbonyl (C=O) groups is 2. The Balaban J connectivity index is 1.28. The second kappa shape index (κ2) is 10.1. The molecule has 0 bridgehead atoms. The lowest BCUT2D eigenvalue weighted by molar-refractivity contribution is -0.123. The molecule has 4 aromatic rings. The van der Waals surface area contributed by atoms with Gasteiger partial charge in [-0.2, -0.15) is 5.26 Å². The molecular formula is C28H26N4O4S. The smallest absolute Gasteiger partial charge is 0.338 e. The third-order valence-corrected chi connectivity index (χ3v) is 7.76. The van der Waals surface area contributed by atoms with Crippen molar-refractivity contribution in [3.8, 4) is 23.2 Å². The number of hydrogen-bond donors (Lipinski definition) is 2. The van der Waals surface area contributed by atoms with Crippen molar-refractivity contribution in [3.63, 3.8) is 0 Å². The van der Waals surface area contributed by atoms with E-state index < -0.39 is 18.0 Å². The van der Waals surface area contributed by atoms with Crippen LogP contribution in [-0.2, 0) is 22.4 Å². The second-order valence-electron chi connectivity index (χ2n) is 9.25. The van der Waals surface area contributed by atoms with Gasteiger partial charge < -0.3 is 19.8 Å². The molecule has 37 heavy (non-hydrogen) atoms. The van der Waals surface area contributed by atoms with Crippen molar-refractivity contribution < 1.29 is 19.1 Å². The Morgan fingerprint density at radius 3 is 2.76 bits per heavy atom. The van der Waals surface area contributed by atoms with Crippen molar-refractivity contribution in [1.82, 2.24) is 9.97 Å². The van der Waals surface area contributed by atoms with E-state index in [1.807, 2.05) is 24.3 Å². The molecule has 0 spiro atoms. The van der Waals surface area contributed by atoms with Crippen molar-refractivity contribution in [3.05, 3.63) is 64.0 Å². The van der Waals surface area contributed by atoms with Gasteiger partial charge in [0.1, 0.15) is 22.6 Å². The molecular weight excluding hydrogens is 488 g/mol. The predicted octanol–water partition coefficient (Wildman–Crippen LogP) is 5.48. The van der Waals surface area contributed by atoms with E-state index in [0.29, 0.717) is 38.9 Å². The fourth-order valence-corrected chi connectivity index (χ4v) is 5.84. The van der Waals surface area contributed by atoms with Crippen LogP contribution in [0.15, 0.2) is 42.5 Å². The fourth-order valence-electron chi connectivity index (χ4n) is 4.47. The monoisotopic (exact) mass is 514 g/mol. The quantitative estimate of drug-likeness (QED) is 0.329. The molecule has 188 valence electrons. The highest BCUT2D eigenvalue weighted by Crippen LogP contribution is 2.39. The lowest BCUT2D eigenvalue weighted by Gasteiger charge is -2.17. The molecule has 5 rings (SSSR count). The van der Waals surface area contributed by atoms with Crippen LogP contribution in [0.25, 0.3) is 22.4 Å². The number of anilines is 1. The van der Waals surface area contributed by atoms with Gasteiger partial charge in [-0.15, -0.1) is 11.3 Å². The summed E-state index contributed by atoms with van der Waals surface area (Å²) in [5, 5.41) is 13.0. The van der Waals surface area contributed by atoms with Gasteiger partial charge in [0, 0.05) is 10.4 Å². The van der Waals surface area contributed by atoms with Crippen LogP contribution in [0.4, 0.5) is 5.00 Å². The van der Waals surface area contributed by atoms with Gasteiger partial charge in [0.15, 0.2) is 6.10 Å². The van der Waals surface area contributed by atoms with Crippen molar-refractivity contribution in [2.45, 2.75) is 39.2 Å². The van der Waals surface area contributed by atoms with Gasteiger partial charge in [-0.1, -0.05) is 6.92 Å². The summed E-state index contributed by atoms with van der Waals surface area (Å²) in [6.45, 7) is 3.71. The van der Waals surface area contributed by atoms with E-state index in [1.165, 1.54) is 18.3 Å². The molecule has 0 fully saturated rings. The van der Waals surface area contributed by atoms with Gasteiger partial charge in [0.2, 0.25) is 0 Å². The number of fused-ring (bicyclic) bond motifs is 2. The molecule has 1 aliphatic rings. The number of ether oxygens (including phenoxy) is 2. The number of esters is 1. The Morgan fingerprint density at radius 2 is 2.03 bits per heavy atom. The summed E-state index contributed by atoms with van der Waals surface area (Å²) in [5.74, 6) is 0.879. The van der Waals surface area contributed by atoms with Crippen LogP contribution >= 0.6 is 11.3 Å². The third kappa shape index (κ3) is 4.93. The first-order valence-electron chi connectivity index (χ1n) is 12.1. The summed E-state index contributed by atoms with van der Waals surface area (Å²) >= 11 is 1.44. The number of amides is 1. The van der Waals surface area contributed by atoms with E-state index in [2.05, 4.69) is 28.3 Å². The highest BCUT2D eigenvalue weighted by molar-refractivity contribution is 7.16. The molecule has 0 saturated heterocycles. The van der Waals surface area contributed by atoms with Crippen LogP contribution < -0.4 is 10.1 Å². The second-order valence-corrected chi connectivity index (χ2v) is 10.4. The molecule has 2 aromatic carbocycles. The van der Waals surface area contributed by atoms with E-state index in [0.717, 1.165) is 41.0 Å². The maximum atomic E-state index is 12.8. The topological polar surface area (TPSA) is 117 Å². The van der Waals surface area contributed by atoms with Crippen LogP contribution in [0.1, 0.15) is 46.6 Å². The summed E-state index contributed by atoms with van der Waals surface area (Å²) in [4.78, 5) is 34.6. The molecule has 1 aliphatic carbocycles. The van der Waals surface area contributed by atoms with Crippen LogP contribution in [0.5, 0.6) is 5.75 Å². The van der Waals surface area contributed by atoms with E-state index in [-0.39, 0.29) is 0 Å². The van der Waals surface area contributed by atoms with Gasteiger partial charge in [-0.3, -0.25) is 4.79 Å². The number of methoxy groups -OCH3 is 1. The van der Waals surface area contributed by atoms with Gasteiger partial charge in [-0.05, 0) is 80.1 Å². The highest BCUT2D eigenvalue weighted by atomic mass is 32.1. The molecule has 8 nitrogen and oxygen atoms in total. The van der Waals surface area contributed by atoms with Gasteiger partial charge in [0.05, 0.1) is 29.3 Å². The fraction of sp³-hybridized carbons (Fsp3) is 0.286. The highest BCUT2D eigenvalue weighted by Gasteiger charge is 2.27. The van der Waals surface area contributed by atoms with E-state index in [1.54, 1.807) is 25.3 Å². The number of carbonyl (C=O) groups excluding carboxylic acids is 2. The number of aromatic amines is 1. The number of hydrogen-bond acceptors (Lipinski definition) is 7. The van der Waals surface area contributed by atoms with E-state index in [4.69, 9.17) is 9.47 Å². The number of nitrogens with one attached hydrogen (secondary N) is 2. The Morgan fingerprint density at radius 1 is 1.24 bits per heavy atom. The lowest BCUT2D eigenvalue weighted by Crippen LogP contribution is -2.30. The third-order valence-electron chi connectivity index (χ3n) is 6.59. The molecule has 1 amide bonds. The molecule has 2 N–H and O–H groups in total. The number of rotatable bonds is 6. The lowest BCUT2D eigenvalue weighted by atomic mass is 9.88. The first-order valence-corrected chi connectivity index (χ1v) is 12.9. The van der Waals surface area contributed by atoms with Crippen LogP contribution in [0.2, 0.25) is 0 Å². The number of nitriles is 1. The zero-order chi connectivity index (χ0) is 26.1. The Hall–Kier alpha value is -4.16. The summed E-state index contributed by atoms with van der Waals surface area (Å²) in [6, 6.07) is 14.7. The number of H-pyrrole nitrogens is 1. The largest absolute Gasteiger partial charge is 0.497 e. The average molecular weight is 515 g/mol. The molecule has 9 heteroatoms. The molecule has 2 unspecified atom stereocenters. The number of thiophene rings is 1. The van der Waals surface area contributed by atoms with Crippen LogP contribution in [0, 0.1) is 17.2 Å². The molecule has 2 heterocycles. The minimum atomic E-state index is -1.04. The normalized spacial score (nSPS) is 15.5. The maximum absolute atomic E-state index is 12.8. The average Bonchev–Trinajstić information content (AvgIpc) is 3.48. The van der Waals surface area contributed by atoms with Crippen molar-refractivity contribution in [2.24, 2.45) is 5.92 Å². The molecule has 2 atom stereocenters. The van der Waals surface area contributed by atoms with Crippen LogP contribution in [-0.4, -0.2) is 35.1 Å². The molecule has 2 aromatic heterocycles. The zero-order valence-electron chi connectivity index (χ0n) is 20.8. The van der Waals surface area contributed by atoms with Gasteiger partial charge in [-0.25, -0.2) is 9.78 Å². The molecule has 0 radical (unpaired) electrons. The minimum absolute atomic E-state index is 0.301. The van der Waals surface area contributed by atoms with E-state index >= 15 is 0 Å². The van der Waals surface area contributed by atoms with Gasteiger partial charge in [0.25, 0.3) is 5.91 Å². The van der Waals surface area contributed by atoms with Gasteiger partial charge >= 0.3 is 5.97 Å². The molecule has 0 aliphatic heterocycles. The Bertz CT molecular complexity index is 1530. The summed E-state index contributed by atoms with van der Waals surface area (Å²) in [6.07, 6.45) is 1.74. The van der Waals surface area contributed by atoms with Crippen LogP contribution in [0.3, 0.4) is 0 Å². The standard InChI is InChI=1S/C28H26N4O4S/c1-15-4-10-20-21(14-29)27(37-24(20)12-15)32-26(33)16(2)36-28(34)18-7-11-22-23(13-18)31-25(30-22)17-5-8-19(35-3)9-6-17/h5-9,11,13,15-16H,4,10,12H2,1-3H3,(H,30,31)(H,32,33).